The van der Waals surface area contributed by atoms with Crippen LogP contribution in [0.2, 0.25) is 0 Å². The van der Waals surface area contributed by atoms with Crippen LogP contribution in [0.4, 0.5) is 15.8 Å². The van der Waals surface area contributed by atoms with Crippen molar-refractivity contribution >= 4 is 17.2 Å². The predicted octanol–water partition coefficient (Wildman–Crippen LogP) is 2.94. The van der Waals surface area contributed by atoms with Gasteiger partial charge in [0, 0.05) is 43.9 Å². The summed E-state index contributed by atoms with van der Waals surface area (Å²) in [5.41, 5.74) is 3.61. The highest BCUT2D eigenvalue weighted by molar-refractivity contribution is 6.01. The number of carbonyl (C=O) groups excluding carboxylic acids is 1. The Bertz CT molecular complexity index is 911. The van der Waals surface area contributed by atoms with Gasteiger partial charge in [0.2, 0.25) is 0 Å². The summed E-state index contributed by atoms with van der Waals surface area (Å²) < 4.78 is 21.2. The first kappa shape index (κ1) is 21.8. The Morgan fingerprint density at radius 1 is 1.32 bits per heavy atom. The van der Waals surface area contributed by atoms with Crippen LogP contribution in [0, 0.1) is 5.82 Å². The lowest BCUT2D eigenvalue weighted by molar-refractivity contribution is -0.115. The van der Waals surface area contributed by atoms with Gasteiger partial charge in [0.25, 0.3) is 0 Å². The van der Waals surface area contributed by atoms with Gasteiger partial charge in [-0.05, 0) is 51.3 Å². The third-order valence-corrected chi connectivity index (χ3v) is 6.38. The molecule has 0 radical (unpaired) electrons. The third kappa shape index (κ3) is 4.34. The molecular formula is C24H32FN3O3. The van der Waals surface area contributed by atoms with Gasteiger partial charge in [0.15, 0.2) is 17.3 Å². The fraction of sp³-hybridized carbons (Fsp3) is 0.542. The smallest absolute Gasteiger partial charge is 0.169 e. The number of ether oxygens (including phenoxy) is 1. The Morgan fingerprint density at radius 3 is 2.61 bits per heavy atom. The van der Waals surface area contributed by atoms with Crippen molar-refractivity contribution in [2.24, 2.45) is 0 Å². The summed E-state index contributed by atoms with van der Waals surface area (Å²) >= 11 is 0. The number of aliphatic hydroxyl groups excluding tert-OH is 1. The zero-order valence-electron chi connectivity index (χ0n) is 18.6. The van der Waals surface area contributed by atoms with Crippen LogP contribution in [0.5, 0.6) is 5.75 Å². The molecule has 31 heavy (non-hydrogen) atoms. The number of ketones is 1. The minimum absolute atomic E-state index is 0.0553. The number of anilines is 2. The monoisotopic (exact) mass is 429 g/mol. The molecule has 1 unspecified atom stereocenters. The number of carbonyl (C=O) groups is 1. The van der Waals surface area contributed by atoms with Crippen LogP contribution in [-0.2, 0) is 11.2 Å². The average Bonchev–Trinajstić information content (AvgIpc) is 3.59. The molecule has 2 aliphatic heterocycles. The van der Waals surface area contributed by atoms with Crippen molar-refractivity contribution in [1.82, 2.24) is 5.32 Å². The molecule has 0 amide bonds. The SMILES string of the molecule is CNCC=C1CCN(c2c(F)cc3c(c2OC)N(C2CC2)C=C(C(C)O)C(=O)C3)CC1. The Hall–Kier alpha value is -2.38. The summed E-state index contributed by atoms with van der Waals surface area (Å²) in [6.07, 6.45) is 6.92. The Balaban J connectivity index is 1.75. The molecular weight excluding hydrogens is 397 g/mol. The second kappa shape index (κ2) is 9.01. The molecule has 1 saturated carbocycles. The van der Waals surface area contributed by atoms with E-state index in [2.05, 4.69) is 16.3 Å². The number of nitrogens with zero attached hydrogens (tertiary/aromatic N) is 2. The van der Waals surface area contributed by atoms with Crippen LogP contribution < -0.4 is 19.9 Å². The summed E-state index contributed by atoms with van der Waals surface area (Å²) in [5, 5.41) is 13.3. The van der Waals surface area contributed by atoms with Crippen molar-refractivity contribution in [3.63, 3.8) is 0 Å². The van der Waals surface area contributed by atoms with E-state index in [9.17, 15) is 9.90 Å². The van der Waals surface area contributed by atoms with Crippen LogP contribution in [0.1, 0.15) is 38.2 Å². The summed E-state index contributed by atoms with van der Waals surface area (Å²) in [7, 11) is 3.49. The van der Waals surface area contributed by atoms with Crippen LogP contribution >= 0.6 is 0 Å². The molecule has 6 nitrogen and oxygen atoms in total. The maximum absolute atomic E-state index is 15.4. The number of halogens is 1. The minimum atomic E-state index is -0.872. The van der Waals surface area contributed by atoms with Crippen molar-refractivity contribution < 1.29 is 19.0 Å². The molecule has 168 valence electrons. The van der Waals surface area contributed by atoms with E-state index in [1.54, 1.807) is 20.2 Å². The molecule has 2 fully saturated rings. The van der Waals surface area contributed by atoms with Gasteiger partial charge in [-0.1, -0.05) is 11.6 Å². The Kier molecular flexibility index (Phi) is 6.34. The van der Waals surface area contributed by atoms with Gasteiger partial charge < -0.3 is 25.0 Å². The highest BCUT2D eigenvalue weighted by Gasteiger charge is 2.37. The van der Waals surface area contributed by atoms with E-state index < -0.39 is 6.10 Å². The highest BCUT2D eigenvalue weighted by Crippen LogP contribution is 2.48. The van der Waals surface area contributed by atoms with Crippen LogP contribution in [0.15, 0.2) is 29.5 Å². The standard InChI is InChI=1S/C24H32FN3O3/c1-15(29)19-14-28(18-4-5-18)22-17(13-21(19)30)12-20(25)23(24(22)31-3)27-10-7-16(8-11-27)6-9-26-2/h6,12,14-15,18,26,29H,4-5,7-11,13H2,1-3H3. The van der Waals surface area contributed by atoms with E-state index in [-0.39, 0.29) is 24.1 Å². The number of methoxy groups -OCH3 is 1. The quantitative estimate of drug-likeness (QED) is 0.678. The topological polar surface area (TPSA) is 65.0 Å². The molecule has 0 spiro atoms. The molecule has 0 bridgehead atoms. The van der Waals surface area contributed by atoms with Crippen molar-refractivity contribution in [2.45, 2.75) is 51.2 Å². The second-order valence-corrected chi connectivity index (χ2v) is 8.65. The van der Waals surface area contributed by atoms with E-state index in [4.69, 9.17) is 4.74 Å². The molecule has 3 aliphatic rings. The molecule has 2 N–H and O–H groups in total. The van der Waals surface area contributed by atoms with Crippen molar-refractivity contribution in [2.75, 3.05) is 43.6 Å². The number of hydrogen-bond acceptors (Lipinski definition) is 6. The van der Waals surface area contributed by atoms with Crippen molar-refractivity contribution in [3.8, 4) is 5.75 Å². The van der Waals surface area contributed by atoms with E-state index in [0.717, 1.165) is 51.0 Å². The van der Waals surface area contributed by atoms with E-state index in [0.29, 0.717) is 22.6 Å². The highest BCUT2D eigenvalue weighted by atomic mass is 19.1. The zero-order chi connectivity index (χ0) is 22.1. The normalized spacial score (nSPS) is 20.2. The molecule has 1 aromatic rings. The fourth-order valence-corrected chi connectivity index (χ4v) is 4.57. The predicted molar refractivity (Wildman–Crippen MR) is 120 cm³/mol. The first-order chi connectivity index (χ1) is 14.9. The lowest BCUT2D eigenvalue weighted by atomic mass is 9.98. The first-order valence-electron chi connectivity index (χ1n) is 11.1. The number of aliphatic hydroxyl groups is 1. The Labute approximate surface area is 183 Å². The van der Waals surface area contributed by atoms with Gasteiger partial charge in [0.1, 0.15) is 5.69 Å². The molecule has 2 heterocycles. The lowest BCUT2D eigenvalue weighted by Crippen LogP contribution is -2.32. The average molecular weight is 430 g/mol. The number of nitrogens with one attached hydrogen (secondary N) is 1. The van der Waals surface area contributed by atoms with Crippen LogP contribution in [0.3, 0.4) is 0 Å². The van der Waals surface area contributed by atoms with E-state index in [1.807, 2.05) is 11.9 Å². The summed E-state index contributed by atoms with van der Waals surface area (Å²) in [6.45, 7) is 3.88. The van der Waals surface area contributed by atoms with Gasteiger partial charge in [-0.3, -0.25) is 4.79 Å². The fourth-order valence-electron chi connectivity index (χ4n) is 4.57. The van der Waals surface area contributed by atoms with Gasteiger partial charge >= 0.3 is 0 Å². The number of hydrogen-bond donors (Lipinski definition) is 2. The molecule has 1 atom stereocenters. The molecule has 7 heteroatoms. The molecule has 1 aromatic carbocycles. The molecule has 1 saturated heterocycles. The maximum atomic E-state index is 15.4. The Morgan fingerprint density at radius 2 is 2.03 bits per heavy atom. The van der Waals surface area contributed by atoms with Crippen LogP contribution in [0.25, 0.3) is 0 Å². The first-order valence-corrected chi connectivity index (χ1v) is 11.1. The summed E-state index contributed by atoms with van der Waals surface area (Å²) in [4.78, 5) is 16.9. The number of benzene rings is 1. The number of fused-ring (bicyclic) bond motifs is 1. The zero-order valence-corrected chi connectivity index (χ0v) is 18.6. The molecule has 1 aliphatic carbocycles. The van der Waals surface area contributed by atoms with Gasteiger partial charge in [-0.2, -0.15) is 0 Å². The number of piperidine rings is 1. The van der Waals surface area contributed by atoms with Crippen LogP contribution in [-0.4, -0.2) is 56.8 Å². The lowest BCUT2D eigenvalue weighted by Gasteiger charge is -2.34. The number of rotatable bonds is 6. The van der Waals surface area contributed by atoms with Crippen molar-refractivity contribution in [1.29, 1.82) is 0 Å². The largest absolute Gasteiger partial charge is 0.492 e. The summed E-state index contributed by atoms with van der Waals surface area (Å²) in [6, 6.07) is 1.73. The van der Waals surface area contributed by atoms with E-state index >= 15 is 4.39 Å². The summed E-state index contributed by atoms with van der Waals surface area (Å²) in [5.74, 6) is -0.0476. The van der Waals surface area contributed by atoms with Gasteiger partial charge in [0.05, 0.1) is 18.9 Å². The third-order valence-electron chi connectivity index (χ3n) is 6.38. The number of likely N-dealkylation sites (N-methyl/N-ethyl adjacent to an activating group) is 1. The number of Topliss-reactive ketones (excluding diaryl/α,β-unsaturated/α-hetero) is 1. The second-order valence-electron chi connectivity index (χ2n) is 8.65. The van der Waals surface area contributed by atoms with Gasteiger partial charge in [-0.15, -0.1) is 0 Å². The van der Waals surface area contributed by atoms with Gasteiger partial charge in [-0.25, -0.2) is 4.39 Å². The van der Waals surface area contributed by atoms with Crippen molar-refractivity contribution in [3.05, 3.63) is 40.9 Å². The minimum Gasteiger partial charge on any atom is -0.492 e. The maximum Gasteiger partial charge on any atom is 0.169 e. The molecule has 4 rings (SSSR count). The van der Waals surface area contributed by atoms with E-state index in [1.165, 1.54) is 11.6 Å². The molecule has 0 aromatic heterocycles.